The zero-order valence-corrected chi connectivity index (χ0v) is 19.9. The summed E-state index contributed by atoms with van der Waals surface area (Å²) in [6.07, 6.45) is 1.05. The normalized spacial score (nSPS) is 12.3. The van der Waals surface area contributed by atoms with Crippen LogP contribution in [0.4, 0.5) is 0 Å². The maximum absolute atomic E-state index is 2.43. The van der Waals surface area contributed by atoms with Crippen LogP contribution in [0, 0.1) is 0 Å². The zero-order chi connectivity index (χ0) is 22.8. The molecule has 0 fully saturated rings. The lowest BCUT2D eigenvalue weighted by atomic mass is 9.97. The molecule has 0 spiro atoms. The second-order valence-electron chi connectivity index (χ2n) is 9.59. The van der Waals surface area contributed by atoms with Crippen molar-refractivity contribution in [1.82, 2.24) is 9.80 Å². The lowest BCUT2D eigenvalue weighted by Gasteiger charge is -2.20. The van der Waals surface area contributed by atoms with Crippen LogP contribution >= 0.6 is 0 Å². The first kappa shape index (κ1) is 21.6. The third-order valence-corrected chi connectivity index (χ3v) is 6.51. The third kappa shape index (κ3) is 4.78. The Hall–Kier alpha value is -3.20. The molecule has 0 saturated carbocycles. The van der Waals surface area contributed by atoms with Gasteiger partial charge in [0.2, 0.25) is 0 Å². The van der Waals surface area contributed by atoms with Gasteiger partial charge >= 0.3 is 0 Å². The van der Waals surface area contributed by atoms with Gasteiger partial charge in [0.05, 0.1) is 0 Å². The summed E-state index contributed by atoms with van der Waals surface area (Å²) in [6.45, 7) is 2.86. The van der Waals surface area contributed by atoms with Crippen molar-refractivity contribution in [3.63, 3.8) is 0 Å². The molecule has 33 heavy (non-hydrogen) atoms. The Labute approximate surface area is 198 Å². The molecule has 0 unspecified atom stereocenters. The molecular formula is C31H32N2. The molecule has 1 aliphatic carbocycles. The van der Waals surface area contributed by atoms with Crippen molar-refractivity contribution in [3.8, 4) is 22.3 Å². The second kappa shape index (κ2) is 9.35. The van der Waals surface area contributed by atoms with Crippen molar-refractivity contribution in [2.24, 2.45) is 0 Å². The van der Waals surface area contributed by atoms with Gasteiger partial charge in [0, 0.05) is 19.6 Å². The summed E-state index contributed by atoms with van der Waals surface area (Å²) in [5.41, 5.74) is 12.5. The summed E-state index contributed by atoms with van der Waals surface area (Å²) in [7, 11) is 6.49. The van der Waals surface area contributed by atoms with Crippen LogP contribution in [-0.4, -0.2) is 30.9 Å². The number of nitrogens with zero attached hydrogens (tertiary/aromatic N) is 2. The van der Waals surface area contributed by atoms with Crippen molar-refractivity contribution < 1.29 is 0 Å². The van der Waals surface area contributed by atoms with Crippen LogP contribution in [0.15, 0.2) is 91.0 Å². The van der Waals surface area contributed by atoms with E-state index < -0.39 is 0 Å². The van der Waals surface area contributed by atoms with E-state index in [1.54, 1.807) is 0 Å². The van der Waals surface area contributed by atoms with E-state index in [0.717, 1.165) is 26.1 Å². The van der Waals surface area contributed by atoms with Crippen LogP contribution in [0.5, 0.6) is 0 Å². The number of hydrogen-bond donors (Lipinski definition) is 0. The fourth-order valence-electron chi connectivity index (χ4n) is 5.05. The van der Waals surface area contributed by atoms with Crippen LogP contribution in [0.1, 0.15) is 27.8 Å². The smallest absolute Gasteiger partial charge is 0.0240 e. The van der Waals surface area contributed by atoms with E-state index in [1.807, 2.05) is 0 Å². The Morgan fingerprint density at radius 3 is 2.09 bits per heavy atom. The van der Waals surface area contributed by atoms with Crippen molar-refractivity contribution in [1.29, 1.82) is 0 Å². The van der Waals surface area contributed by atoms with Crippen molar-refractivity contribution >= 4 is 0 Å². The maximum Gasteiger partial charge on any atom is 0.0240 e. The van der Waals surface area contributed by atoms with Gasteiger partial charge in [-0.1, -0.05) is 84.9 Å². The molecule has 4 aromatic carbocycles. The van der Waals surface area contributed by atoms with Gasteiger partial charge in [-0.2, -0.15) is 0 Å². The van der Waals surface area contributed by atoms with E-state index >= 15 is 0 Å². The standard InChI is InChI=1S/C31H32N2/c1-32(2)20-24-14-17-27-19-28-10-7-11-29(31(28)30(27)18-24)22-33(3)21-23-12-15-26(16-13-23)25-8-5-4-6-9-25/h4-18H,19-22H2,1-3H3. The summed E-state index contributed by atoms with van der Waals surface area (Å²) in [5, 5.41) is 0. The molecule has 0 amide bonds. The molecule has 0 aromatic heterocycles. The third-order valence-electron chi connectivity index (χ3n) is 6.51. The number of fused-ring (bicyclic) bond motifs is 3. The zero-order valence-electron chi connectivity index (χ0n) is 19.9. The molecular weight excluding hydrogens is 400 g/mol. The summed E-state index contributed by atoms with van der Waals surface area (Å²) in [4.78, 5) is 4.66. The van der Waals surface area contributed by atoms with Crippen LogP contribution in [-0.2, 0) is 26.1 Å². The van der Waals surface area contributed by atoms with Gasteiger partial charge in [0.15, 0.2) is 0 Å². The van der Waals surface area contributed by atoms with Gasteiger partial charge in [-0.25, -0.2) is 0 Å². The molecule has 2 heteroatoms. The molecule has 0 N–H and O–H groups in total. The number of rotatable bonds is 7. The highest BCUT2D eigenvalue weighted by Crippen LogP contribution is 2.40. The first-order valence-corrected chi connectivity index (χ1v) is 11.8. The highest BCUT2D eigenvalue weighted by Gasteiger charge is 2.22. The molecule has 0 aliphatic heterocycles. The molecule has 2 nitrogen and oxygen atoms in total. The van der Waals surface area contributed by atoms with E-state index in [2.05, 4.69) is 122 Å². The van der Waals surface area contributed by atoms with E-state index in [4.69, 9.17) is 0 Å². The lowest BCUT2D eigenvalue weighted by molar-refractivity contribution is 0.319. The van der Waals surface area contributed by atoms with Crippen LogP contribution in [0.2, 0.25) is 0 Å². The Balaban J connectivity index is 1.34. The molecule has 0 saturated heterocycles. The molecule has 1 aliphatic rings. The van der Waals surface area contributed by atoms with E-state index in [1.165, 1.54) is 50.1 Å². The molecule has 5 rings (SSSR count). The van der Waals surface area contributed by atoms with Crippen molar-refractivity contribution in [3.05, 3.63) is 119 Å². The van der Waals surface area contributed by atoms with E-state index in [-0.39, 0.29) is 0 Å². The number of benzene rings is 4. The summed E-state index contributed by atoms with van der Waals surface area (Å²) in [6, 6.07) is 33.4. The minimum Gasteiger partial charge on any atom is -0.305 e. The van der Waals surface area contributed by atoms with Crippen LogP contribution in [0.25, 0.3) is 22.3 Å². The van der Waals surface area contributed by atoms with Gasteiger partial charge in [0.25, 0.3) is 0 Å². The second-order valence-corrected chi connectivity index (χ2v) is 9.59. The van der Waals surface area contributed by atoms with Gasteiger partial charge < -0.3 is 4.90 Å². The molecule has 4 aromatic rings. The lowest BCUT2D eigenvalue weighted by Crippen LogP contribution is -2.17. The minimum atomic E-state index is 0.937. The highest BCUT2D eigenvalue weighted by molar-refractivity contribution is 5.80. The Kier molecular flexibility index (Phi) is 6.13. The van der Waals surface area contributed by atoms with Crippen molar-refractivity contribution in [2.75, 3.05) is 21.1 Å². The quantitative estimate of drug-likeness (QED) is 0.285. The van der Waals surface area contributed by atoms with Crippen LogP contribution < -0.4 is 0 Å². The first-order chi connectivity index (χ1) is 16.1. The molecule has 0 radical (unpaired) electrons. The van der Waals surface area contributed by atoms with E-state index in [9.17, 15) is 0 Å². The highest BCUT2D eigenvalue weighted by atomic mass is 15.1. The summed E-state index contributed by atoms with van der Waals surface area (Å²) < 4.78 is 0. The minimum absolute atomic E-state index is 0.937. The maximum atomic E-state index is 2.43. The van der Waals surface area contributed by atoms with Gasteiger partial charge in [-0.3, -0.25) is 4.90 Å². The molecule has 0 atom stereocenters. The summed E-state index contributed by atoms with van der Waals surface area (Å²) >= 11 is 0. The topological polar surface area (TPSA) is 6.48 Å². The van der Waals surface area contributed by atoms with Gasteiger partial charge in [0.1, 0.15) is 0 Å². The fourth-order valence-corrected chi connectivity index (χ4v) is 5.05. The van der Waals surface area contributed by atoms with E-state index in [0.29, 0.717) is 0 Å². The SMILES string of the molecule is CN(C)Cc1ccc2c(c1)-c1c(cccc1CN(C)Cc1ccc(-c3ccccc3)cc1)C2. The fraction of sp³-hybridized carbons (Fsp3) is 0.226. The van der Waals surface area contributed by atoms with Crippen molar-refractivity contribution in [2.45, 2.75) is 26.1 Å². The average molecular weight is 433 g/mol. The molecule has 0 heterocycles. The average Bonchev–Trinajstić information content (AvgIpc) is 3.18. The molecule has 0 bridgehead atoms. The predicted molar refractivity (Wildman–Crippen MR) is 139 cm³/mol. The largest absolute Gasteiger partial charge is 0.305 e. The van der Waals surface area contributed by atoms with Gasteiger partial charge in [-0.15, -0.1) is 0 Å². The monoisotopic (exact) mass is 432 g/mol. The summed E-state index contributed by atoms with van der Waals surface area (Å²) in [5.74, 6) is 0. The predicted octanol–water partition coefficient (Wildman–Crippen LogP) is 6.62. The Morgan fingerprint density at radius 1 is 0.606 bits per heavy atom. The van der Waals surface area contributed by atoms with Crippen LogP contribution in [0.3, 0.4) is 0 Å². The first-order valence-electron chi connectivity index (χ1n) is 11.8. The molecule has 166 valence electrons. The Morgan fingerprint density at radius 2 is 1.33 bits per heavy atom. The number of hydrogen-bond acceptors (Lipinski definition) is 2. The Bertz CT molecular complexity index is 1240. The van der Waals surface area contributed by atoms with Gasteiger partial charge in [-0.05, 0) is 83.7 Å².